The van der Waals surface area contributed by atoms with Crippen molar-refractivity contribution in [2.24, 2.45) is 5.92 Å². The zero-order chi connectivity index (χ0) is 15.3. The maximum atomic E-state index is 11.7. The van der Waals surface area contributed by atoms with Crippen molar-refractivity contribution in [3.05, 3.63) is 33.9 Å². The van der Waals surface area contributed by atoms with E-state index in [1.54, 1.807) is 13.0 Å². The van der Waals surface area contributed by atoms with Crippen molar-refractivity contribution in [3.8, 4) is 5.75 Å². The standard InChI is InChI=1S/C14H20N2O4/c1-9(2)11(4)15-14(17)8-20-13-6-5-10(3)7-12(13)16(18)19/h5-7,9,11H,8H2,1-4H3,(H,15,17)/t11-/m0/s1. The average molecular weight is 280 g/mol. The number of nitro benzene ring substituents is 1. The summed E-state index contributed by atoms with van der Waals surface area (Å²) in [6.07, 6.45) is 0. The molecule has 0 saturated heterocycles. The highest BCUT2D eigenvalue weighted by Gasteiger charge is 2.17. The Kier molecular flexibility index (Phi) is 5.49. The van der Waals surface area contributed by atoms with Gasteiger partial charge in [-0.15, -0.1) is 0 Å². The van der Waals surface area contributed by atoms with Crippen LogP contribution < -0.4 is 10.1 Å². The summed E-state index contributed by atoms with van der Waals surface area (Å²) < 4.78 is 5.24. The van der Waals surface area contributed by atoms with Gasteiger partial charge in [0.1, 0.15) is 0 Å². The van der Waals surface area contributed by atoms with Crippen LogP contribution in [0, 0.1) is 23.0 Å². The number of hydrogen-bond donors (Lipinski definition) is 1. The van der Waals surface area contributed by atoms with Gasteiger partial charge in [-0.25, -0.2) is 0 Å². The predicted octanol–water partition coefficient (Wildman–Crippen LogP) is 2.44. The molecule has 6 nitrogen and oxygen atoms in total. The molecule has 0 fully saturated rings. The Morgan fingerprint density at radius 1 is 1.40 bits per heavy atom. The van der Waals surface area contributed by atoms with Crippen LogP contribution >= 0.6 is 0 Å². The quantitative estimate of drug-likeness (QED) is 0.641. The Morgan fingerprint density at radius 2 is 2.05 bits per heavy atom. The van der Waals surface area contributed by atoms with Crippen molar-refractivity contribution in [2.45, 2.75) is 33.7 Å². The van der Waals surface area contributed by atoms with Crippen LogP contribution in [-0.4, -0.2) is 23.5 Å². The second-order valence-electron chi connectivity index (χ2n) is 5.12. The molecule has 1 aromatic carbocycles. The first-order chi connectivity index (χ1) is 9.31. The number of hydrogen-bond acceptors (Lipinski definition) is 4. The lowest BCUT2D eigenvalue weighted by Gasteiger charge is -2.17. The molecule has 1 rings (SSSR count). The van der Waals surface area contributed by atoms with Crippen LogP contribution in [0.25, 0.3) is 0 Å². The van der Waals surface area contributed by atoms with Gasteiger partial charge in [-0.1, -0.05) is 19.9 Å². The Bertz CT molecular complexity index is 500. The molecule has 0 radical (unpaired) electrons. The lowest BCUT2D eigenvalue weighted by Crippen LogP contribution is -2.39. The van der Waals surface area contributed by atoms with E-state index in [0.29, 0.717) is 5.92 Å². The number of aryl methyl sites for hydroxylation is 1. The highest BCUT2D eigenvalue weighted by Crippen LogP contribution is 2.27. The van der Waals surface area contributed by atoms with Crippen LogP contribution in [0.3, 0.4) is 0 Å². The molecular formula is C14H20N2O4. The van der Waals surface area contributed by atoms with Gasteiger partial charge in [-0.05, 0) is 31.4 Å². The van der Waals surface area contributed by atoms with Gasteiger partial charge < -0.3 is 10.1 Å². The Morgan fingerprint density at radius 3 is 2.60 bits per heavy atom. The first-order valence-electron chi connectivity index (χ1n) is 6.48. The second-order valence-corrected chi connectivity index (χ2v) is 5.12. The van der Waals surface area contributed by atoms with Crippen LogP contribution in [-0.2, 0) is 4.79 Å². The van der Waals surface area contributed by atoms with Gasteiger partial charge in [0.25, 0.3) is 5.91 Å². The average Bonchev–Trinajstić information content (AvgIpc) is 2.36. The number of nitrogens with zero attached hydrogens (tertiary/aromatic N) is 1. The van der Waals surface area contributed by atoms with Crippen molar-refractivity contribution in [1.29, 1.82) is 0 Å². The molecule has 1 N–H and O–H groups in total. The molecular weight excluding hydrogens is 260 g/mol. The summed E-state index contributed by atoms with van der Waals surface area (Å²) in [7, 11) is 0. The van der Waals surface area contributed by atoms with E-state index < -0.39 is 4.92 Å². The molecule has 1 aromatic rings. The van der Waals surface area contributed by atoms with E-state index in [4.69, 9.17) is 4.74 Å². The van der Waals surface area contributed by atoms with Crippen molar-refractivity contribution in [1.82, 2.24) is 5.32 Å². The highest BCUT2D eigenvalue weighted by atomic mass is 16.6. The minimum absolute atomic E-state index is 0.0269. The Labute approximate surface area is 118 Å². The summed E-state index contributed by atoms with van der Waals surface area (Å²) in [6.45, 7) is 7.42. The van der Waals surface area contributed by atoms with E-state index in [9.17, 15) is 14.9 Å². The number of nitro groups is 1. The molecule has 110 valence electrons. The monoisotopic (exact) mass is 280 g/mol. The van der Waals surface area contributed by atoms with Gasteiger partial charge in [0.05, 0.1) is 4.92 Å². The van der Waals surface area contributed by atoms with E-state index in [-0.39, 0.29) is 30.0 Å². The molecule has 1 atom stereocenters. The summed E-state index contributed by atoms with van der Waals surface area (Å²) in [6, 6.07) is 4.66. The van der Waals surface area contributed by atoms with E-state index in [1.165, 1.54) is 12.1 Å². The summed E-state index contributed by atoms with van der Waals surface area (Å²) in [4.78, 5) is 22.1. The van der Waals surface area contributed by atoms with Gasteiger partial charge in [0.15, 0.2) is 12.4 Å². The molecule has 0 unspecified atom stereocenters. The third-order valence-corrected chi connectivity index (χ3v) is 3.06. The molecule has 0 aromatic heterocycles. The molecule has 0 aliphatic rings. The van der Waals surface area contributed by atoms with E-state index >= 15 is 0 Å². The van der Waals surface area contributed by atoms with Gasteiger partial charge in [-0.3, -0.25) is 14.9 Å². The maximum absolute atomic E-state index is 11.7. The second kappa shape index (κ2) is 6.88. The van der Waals surface area contributed by atoms with Gasteiger partial charge in [0.2, 0.25) is 0 Å². The summed E-state index contributed by atoms with van der Waals surface area (Å²) in [5, 5.41) is 13.7. The van der Waals surface area contributed by atoms with E-state index in [0.717, 1.165) is 5.56 Å². The van der Waals surface area contributed by atoms with Gasteiger partial charge in [-0.2, -0.15) is 0 Å². The van der Waals surface area contributed by atoms with Gasteiger partial charge >= 0.3 is 5.69 Å². The molecule has 0 spiro atoms. The first kappa shape index (κ1) is 15.9. The molecule has 0 aliphatic carbocycles. The Balaban J connectivity index is 2.66. The van der Waals surface area contributed by atoms with Crippen LogP contribution in [0.15, 0.2) is 18.2 Å². The fraction of sp³-hybridized carbons (Fsp3) is 0.500. The van der Waals surface area contributed by atoms with Gasteiger partial charge in [0, 0.05) is 12.1 Å². The topological polar surface area (TPSA) is 81.5 Å². The summed E-state index contributed by atoms with van der Waals surface area (Å²) in [5.74, 6) is 0.127. The third kappa shape index (κ3) is 4.53. The fourth-order valence-electron chi connectivity index (χ4n) is 1.50. The molecule has 1 amide bonds. The number of ether oxygens (including phenoxy) is 1. The number of amides is 1. The van der Waals surface area contributed by atoms with Crippen LogP contribution in [0.4, 0.5) is 5.69 Å². The number of nitrogens with one attached hydrogen (secondary N) is 1. The lowest BCUT2D eigenvalue weighted by atomic mass is 10.1. The van der Waals surface area contributed by atoms with E-state index in [2.05, 4.69) is 5.32 Å². The van der Waals surface area contributed by atoms with Crippen LogP contribution in [0.1, 0.15) is 26.3 Å². The molecule has 6 heteroatoms. The molecule has 20 heavy (non-hydrogen) atoms. The fourth-order valence-corrected chi connectivity index (χ4v) is 1.50. The maximum Gasteiger partial charge on any atom is 0.311 e. The minimum atomic E-state index is -0.517. The molecule has 0 saturated carbocycles. The highest BCUT2D eigenvalue weighted by molar-refractivity contribution is 5.78. The number of carbonyl (C=O) groups excluding carboxylic acids is 1. The van der Waals surface area contributed by atoms with Crippen molar-refractivity contribution < 1.29 is 14.5 Å². The van der Waals surface area contributed by atoms with Crippen LogP contribution in [0.5, 0.6) is 5.75 Å². The Hall–Kier alpha value is -2.11. The molecule has 0 aliphatic heterocycles. The van der Waals surface area contributed by atoms with E-state index in [1.807, 2.05) is 20.8 Å². The molecule has 0 heterocycles. The van der Waals surface area contributed by atoms with Crippen molar-refractivity contribution in [2.75, 3.05) is 6.61 Å². The smallest absolute Gasteiger partial charge is 0.311 e. The summed E-state index contributed by atoms with van der Waals surface area (Å²) >= 11 is 0. The third-order valence-electron chi connectivity index (χ3n) is 3.06. The first-order valence-corrected chi connectivity index (χ1v) is 6.48. The normalized spacial score (nSPS) is 12.1. The SMILES string of the molecule is Cc1ccc(OCC(=O)N[C@@H](C)C(C)C)c([N+](=O)[O-])c1. The van der Waals surface area contributed by atoms with Crippen LogP contribution in [0.2, 0.25) is 0 Å². The molecule has 0 bridgehead atoms. The predicted molar refractivity (Wildman–Crippen MR) is 75.8 cm³/mol. The largest absolute Gasteiger partial charge is 0.477 e. The number of carbonyl (C=O) groups is 1. The number of benzene rings is 1. The van der Waals surface area contributed by atoms with Crippen molar-refractivity contribution >= 4 is 11.6 Å². The lowest BCUT2D eigenvalue weighted by molar-refractivity contribution is -0.385. The minimum Gasteiger partial charge on any atom is -0.477 e. The number of rotatable bonds is 6. The zero-order valence-electron chi connectivity index (χ0n) is 12.2. The van der Waals surface area contributed by atoms with Crippen molar-refractivity contribution in [3.63, 3.8) is 0 Å². The summed E-state index contributed by atoms with van der Waals surface area (Å²) in [5.41, 5.74) is 0.636. The zero-order valence-corrected chi connectivity index (χ0v) is 12.2.